The normalized spacial score (nSPS) is 12.4. The Bertz CT molecular complexity index is 536. The van der Waals surface area contributed by atoms with Crippen LogP contribution in [0.5, 0.6) is 5.75 Å². The van der Waals surface area contributed by atoms with E-state index in [2.05, 4.69) is 11.9 Å². The van der Waals surface area contributed by atoms with E-state index in [1.54, 1.807) is 10.8 Å². The van der Waals surface area contributed by atoms with Crippen molar-refractivity contribution in [1.82, 2.24) is 9.55 Å². The molecule has 0 bridgehead atoms. The molecule has 1 heterocycles. The zero-order chi connectivity index (χ0) is 13.8. The summed E-state index contributed by atoms with van der Waals surface area (Å²) in [5.41, 5.74) is 7.08. The zero-order valence-electron chi connectivity index (χ0n) is 11.1. The number of nitrogens with two attached hydrogens (primary N) is 1. The molecular formula is C14H18ClN3O. The molecule has 0 spiro atoms. The standard InChI is InChI=1S/C14H18ClN3O/c1-3-12(16)10-4-6-11(7-5-10)19-9-14-17-8-13(15)18(14)2/h4-8,12H,3,9,16H2,1-2H3. The molecule has 2 rings (SSSR count). The molecule has 19 heavy (non-hydrogen) atoms. The van der Waals surface area contributed by atoms with Gasteiger partial charge in [0, 0.05) is 13.1 Å². The minimum atomic E-state index is 0.0856. The average Bonchev–Trinajstić information content (AvgIpc) is 2.76. The number of nitrogens with zero attached hydrogens (tertiary/aromatic N) is 2. The first kappa shape index (κ1) is 13.9. The van der Waals surface area contributed by atoms with Crippen LogP contribution in [0.1, 0.15) is 30.8 Å². The Balaban J connectivity index is 1.98. The van der Waals surface area contributed by atoms with Gasteiger partial charge in [0.05, 0.1) is 6.20 Å². The molecule has 5 heteroatoms. The average molecular weight is 280 g/mol. The van der Waals surface area contributed by atoms with E-state index in [4.69, 9.17) is 22.1 Å². The van der Waals surface area contributed by atoms with Crippen molar-refractivity contribution >= 4 is 11.6 Å². The number of imidazole rings is 1. The summed E-state index contributed by atoms with van der Waals surface area (Å²) in [4.78, 5) is 4.18. The van der Waals surface area contributed by atoms with Gasteiger partial charge in [-0.2, -0.15) is 0 Å². The first-order valence-corrected chi connectivity index (χ1v) is 6.64. The van der Waals surface area contributed by atoms with Gasteiger partial charge in [0.1, 0.15) is 23.3 Å². The fraction of sp³-hybridized carbons (Fsp3) is 0.357. The van der Waals surface area contributed by atoms with E-state index >= 15 is 0 Å². The second kappa shape index (κ2) is 6.08. The second-order valence-corrected chi connectivity index (χ2v) is 4.82. The molecule has 1 aromatic heterocycles. The molecule has 102 valence electrons. The fourth-order valence-corrected chi connectivity index (χ4v) is 1.90. The van der Waals surface area contributed by atoms with Gasteiger partial charge in [0.25, 0.3) is 0 Å². The Morgan fingerprint density at radius 2 is 2.05 bits per heavy atom. The minimum absolute atomic E-state index is 0.0856. The number of ether oxygens (including phenoxy) is 1. The summed E-state index contributed by atoms with van der Waals surface area (Å²) in [6.07, 6.45) is 2.54. The molecule has 0 radical (unpaired) electrons. The molecule has 0 aliphatic heterocycles. The summed E-state index contributed by atoms with van der Waals surface area (Å²) >= 11 is 5.91. The van der Waals surface area contributed by atoms with Crippen molar-refractivity contribution in [2.45, 2.75) is 26.0 Å². The maximum atomic E-state index is 5.96. The molecule has 2 aromatic rings. The molecule has 0 aliphatic carbocycles. The number of benzene rings is 1. The van der Waals surface area contributed by atoms with Gasteiger partial charge in [-0.3, -0.25) is 0 Å². The predicted octanol–water partition coefficient (Wildman–Crippen LogP) is 3.06. The van der Waals surface area contributed by atoms with Gasteiger partial charge in [-0.1, -0.05) is 30.7 Å². The Labute approximate surface area is 118 Å². The summed E-state index contributed by atoms with van der Waals surface area (Å²) in [7, 11) is 1.86. The highest BCUT2D eigenvalue weighted by Crippen LogP contribution is 2.19. The van der Waals surface area contributed by atoms with E-state index in [1.165, 1.54) is 0 Å². The highest BCUT2D eigenvalue weighted by Gasteiger charge is 2.06. The maximum absolute atomic E-state index is 5.96. The monoisotopic (exact) mass is 279 g/mol. The fourth-order valence-electron chi connectivity index (χ4n) is 1.75. The molecule has 0 saturated heterocycles. The molecule has 0 aliphatic rings. The smallest absolute Gasteiger partial charge is 0.147 e. The van der Waals surface area contributed by atoms with Crippen molar-refractivity contribution in [2.75, 3.05) is 0 Å². The number of hydrogen-bond donors (Lipinski definition) is 1. The lowest BCUT2D eigenvalue weighted by Gasteiger charge is -2.11. The number of rotatable bonds is 5. The van der Waals surface area contributed by atoms with Crippen LogP contribution in [0.3, 0.4) is 0 Å². The Kier molecular flexibility index (Phi) is 4.45. The predicted molar refractivity (Wildman–Crippen MR) is 76.2 cm³/mol. The van der Waals surface area contributed by atoms with Crippen molar-refractivity contribution in [3.63, 3.8) is 0 Å². The summed E-state index contributed by atoms with van der Waals surface area (Å²) in [6.45, 7) is 2.46. The summed E-state index contributed by atoms with van der Waals surface area (Å²) in [5, 5.41) is 0.600. The summed E-state index contributed by atoms with van der Waals surface area (Å²) in [6, 6.07) is 7.93. The van der Waals surface area contributed by atoms with E-state index < -0.39 is 0 Å². The van der Waals surface area contributed by atoms with Crippen LogP contribution < -0.4 is 10.5 Å². The third-order valence-electron chi connectivity index (χ3n) is 3.14. The first-order chi connectivity index (χ1) is 9.11. The van der Waals surface area contributed by atoms with Crippen LogP contribution in [0.15, 0.2) is 30.5 Å². The van der Waals surface area contributed by atoms with Crippen molar-refractivity contribution in [3.05, 3.63) is 47.0 Å². The van der Waals surface area contributed by atoms with Gasteiger partial charge >= 0.3 is 0 Å². The zero-order valence-corrected chi connectivity index (χ0v) is 11.9. The van der Waals surface area contributed by atoms with Gasteiger partial charge in [0.15, 0.2) is 0 Å². The Morgan fingerprint density at radius 1 is 1.37 bits per heavy atom. The SMILES string of the molecule is CCC(N)c1ccc(OCc2ncc(Cl)n2C)cc1. The van der Waals surface area contributed by atoms with Crippen LogP contribution >= 0.6 is 11.6 Å². The van der Waals surface area contributed by atoms with Crippen molar-refractivity contribution in [3.8, 4) is 5.75 Å². The second-order valence-electron chi connectivity index (χ2n) is 4.43. The summed E-state index contributed by atoms with van der Waals surface area (Å²) < 4.78 is 7.47. The molecule has 0 saturated carbocycles. The molecule has 1 aromatic carbocycles. The van der Waals surface area contributed by atoms with E-state index in [0.29, 0.717) is 11.8 Å². The van der Waals surface area contributed by atoms with E-state index in [1.807, 2.05) is 31.3 Å². The van der Waals surface area contributed by atoms with Gasteiger partial charge in [0.2, 0.25) is 0 Å². The Morgan fingerprint density at radius 3 is 2.58 bits per heavy atom. The van der Waals surface area contributed by atoms with Gasteiger partial charge in [-0.05, 0) is 24.1 Å². The highest BCUT2D eigenvalue weighted by molar-refractivity contribution is 6.29. The lowest BCUT2D eigenvalue weighted by molar-refractivity contribution is 0.291. The van der Waals surface area contributed by atoms with Crippen LogP contribution in [-0.4, -0.2) is 9.55 Å². The van der Waals surface area contributed by atoms with Crippen molar-refractivity contribution in [1.29, 1.82) is 0 Å². The minimum Gasteiger partial charge on any atom is -0.486 e. The molecule has 1 unspecified atom stereocenters. The molecule has 4 nitrogen and oxygen atoms in total. The third-order valence-corrected chi connectivity index (χ3v) is 3.49. The third kappa shape index (κ3) is 3.28. The highest BCUT2D eigenvalue weighted by atomic mass is 35.5. The molecular weight excluding hydrogens is 262 g/mol. The lowest BCUT2D eigenvalue weighted by Crippen LogP contribution is -2.08. The van der Waals surface area contributed by atoms with Crippen LogP contribution in [-0.2, 0) is 13.7 Å². The lowest BCUT2D eigenvalue weighted by atomic mass is 10.1. The van der Waals surface area contributed by atoms with Crippen LogP contribution in [0, 0.1) is 0 Å². The van der Waals surface area contributed by atoms with Crippen LogP contribution in [0.2, 0.25) is 5.15 Å². The van der Waals surface area contributed by atoms with E-state index in [-0.39, 0.29) is 6.04 Å². The van der Waals surface area contributed by atoms with Gasteiger partial charge in [-0.15, -0.1) is 0 Å². The van der Waals surface area contributed by atoms with Crippen LogP contribution in [0.25, 0.3) is 0 Å². The largest absolute Gasteiger partial charge is 0.486 e. The number of aromatic nitrogens is 2. The number of halogens is 1. The van der Waals surface area contributed by atoms with Crippen LogP contribution in [0.4, 0.5) is 0 Å². The van der Waals surface area contributed by atoms with Gasteiger partial charge in [-0.25, -0.2) is 4.98 Å². The summed E-state index contributed by atoms with van der Waals surface area (Å²) in [5.74, 6) is 1.59. The molecule has 0 amide bonds. The van der Waals surface area contributed by atoms with E-state index in [0.717, 1.165) is 23.6 Å². The molecule has 1 atom stereocenters. The van der Waals surface area contributed by atoms with Crippen molar-refractivity contribution < 1.29 is 4.74 Å². The van der Waals surface area contributed by atoms with E-state index in [9.17, 15) is 0 Å². The molecule has 2 N–H and O–H groups in total. The maximum Gasteiger partial charge on any atom is 0.147 e. The quantitative estimate of drug-likeness (QED) is 0.915. The molecule has 0 fully saturated rings. The first-order valence-electron chi connectivity index (χ1n) is 6.26. The topological polar surface area (TPSA) is 53.1 Å². The van der Waals surface area contributed by atoms with Gasteiger partial charge < -0.3 is 15.0 Å². The number of hydrogen-bond acceptors (Lipinski definition) is 3. The Hall–Kier alpha value is -1.52. The van der Waals surface area contributed by atoms with Crippen molar-refractivity contribution in [2.24, 2.45) is 12.8 Å².